The molecular formula is C28H43NO8. The summed E-state index contributed by atoms with van der Waals surface area (Å²) in [4.78, 5) is 49.4. The largest absolute Gasteiger partial charge is 0.459 e. The molecule has 1 rings (SSSR count). The van der Waals surface area contributed by atoms with E-state index in [0.29, 0.717) is 24.8 Å². The average molecular weight is 522 g/mol. The van der Waals surface area contributed by atoms with Crippen LogP contribution in [0.2, 0.25) is 0 Å². The molecule has 1 aromatic carbocycles. The van der Waals surface area contributed by atoms with E-state index in [2.05, 4.69) is 0 Å². The van der Waals surface area contributed by atoms with Gasteiger partial charge in [-0.25, -0.2) is 0 Å². The van der Waals surface area contributed by atoms with E-state index in [4.69, 9.17) is 24.7 Å². The number of carbonyl (C=O) groups excluding carboxylic acids is 4. The van der Waals surface area contributed by atoms with E-state index in [0.717, 1.165) is 0 Å². The molecule has 6 atom stereocenters. The number of benzene rings is 1. The van der Waals surface area contributed by atoms with Crippen molar-refractivity contribution in [3.63, 3.8) is 0 Å². The first-order chi connectivity index (χ1) is 17.3. The Bertz CT molecular complexity index is 931. The van der Waals surface area contributed by atoms with Gasteiger partial charge in [-0.3, -0.25) is 19.2 Å². The van der Waals surface area contributed by atoms with Crippen molar-refractivity contribution < 1.29 is 38.1 Å². The third-order valence-electron chi connectivity index (χ3n) is 6.50. The summed E-state index contributed by atoms with van der Waals surface area (Å²) in [5, 5.41) is 0. The highest BCUT2D eigenvalue weighted by molar-refractivity contribution is 5.79. The van der Waals surface area contributed by atoms with Crippen molar-refractivity contribution in [2.24, 2.45) is 23.5 Å². The number of hydrogen-bond donors (Lipinski definition) is 1. The number of rotatable bonds is 14. The third-order valence-corrected chi connectivity index (χ3v) is 6.50. The van der Waals surface area contributed by atoms with Crippen molar-refractivity contribution in [1.82, 2.24) is 0 Å². The van der Waals surface area contributed by atoms with Gasteiger partial charge in [-0.05, 0) is 57.2 Å². The van der Waals surface area contributed by atoms with E-state index in [1.165, 1.54) is 12.1 Å². The van der Waals surface area contributed by atoms with Crippen molar-refractivity contribution in [3.8, 4) is 11.5 Å². The maximum absolute atomic E-state index is 12.6. The van der Waals surface area contributed by atoms with E-state index in [-0.39, 0.29) is 41.6 Å². The zero-order chi connectivity index (χ0) is 28.3. The van der Waals surface area contributed by atoms with Crippen LogP contribution in [0.4, 0.5) is 0 Å². The fourth-order valence-electron chi connectivity index (χ4n) is 2.86. The summed E-state index contributed by atoms with van der Waals surface area (Å²) in [5.41, 5.74) is 6.68. The Labute approximate surface area is 220 Å². The molecule has 9 nitrogen and oxygen atoms in total. The van der Waals surface area contributed by atoms with Gasteiger partial charge in [-0.15, -0.1) is 0 Å². The number of carbonyl (C=O) groups is 4. The molecule has 0 radical (unpaired) electrons. The van der Waals surface area contributed by atoms with Gasteiger partial charge in [0.15, 0.2) is 11.5 Å². The number of ether oxygens (including phenoxy) is 4. The normalized spacial score (nSPS) is 15.9. The Morgan fingerprint density at radius 3 is 1.59 bits per heavy atom. The lowest BCUT2D eigenvalue weighted by Gasteiger charge is -2.23. The molecule has 9 heteroatoms. The molecule has 0 saturated carbocycles. The first-order valence-corrected chi connectivity index (χ1v) is 13.1. The lowest BCUT2D eigenvalue weighted by atomic mass is 10.1. The molecule has 0 bridgehead atoms. The van der Waals surface area contributed by atoms with Crippen LogP contribution in [0, 0.1) is 17.8 Å². The fraction of sp³-hybridized carbons (Fsp3) is 0.643. The number of esters is 4. The molecule has 0 fully saturated rings. The Kier molecular flexibility index (Phi) is 13.3. The third kappa shape index (κ3) is 10.1. The topological polar surface area (TPSA) is 131 Å². The van der Waals surface area contributed by atoms with Crippen LogP contribution in [0.3, 0.4) is 0 Å². The van der Waals surface area contributed by atoms with Gasteiger partial charge in [-0.2, -0.15) is 0 Å². The Morgan fingerprint density at radius 1 is 0.676 bits per heavy atom. The molecule has 2 N–H and O–H groups in total. The quantitative estimate of drug-likeness (QED) is 0.280. The first-order valence-electron chi connectivity index (χ1n) is 13.1. The zero-order valence-electron chi connectivity index (χ0n) is 23.4. The molecule has 0 aliphatic rings. The second kappa shape index (κ2) is 15.3. The molecule has 0 aromatic heterocycles. The summed E-state index contributed by atoms with van der Waals surface area (Å²) in [5.74, 6) is -2.63. The highest BCUT2D eigenvalue weighted by atomic mass is 16.6. The van der Waals surface area contributed by atoms with Gasteiger partial charge in [0, 0.05) is 0 Å². The van der Waals surface area contributed by atoms with Gasteiger partial charge >= 0.3 is 23.9 Å². The zero-order valence-corrected chi connectivity index (χ0v) is 23.4. The minimum absolute atomic E-state index is 0.0824. The second-order valence-corrected chi connectivity index (χ2v) is 9.65. The van der Waals surface area contributed by atoms with Gasteiger partial charge < -0.3 is 24.7 Å². The van der Waals surface area contributed by atoms with Crippen LogP contribution in [0.15, 0.2) is 18.2 Å². The van der Waals surface area contributed by atoms with E-state index in [1.807, 2.05) is 20.8 Å². The van der Waals surface area contributed by atoms with Crippen molar-refractivity contribution in [1.29, 1.82) is 0 Å². The van der Waals surface area contributed by atoms with Crippen LogP contribution in [-0.2, 0) is 35.1 Å². The maximum atomic E-state index is 12.6. The minimum atomic E-state index is -1.02. The molecule has 0 saturated heterocycles. The molecule has 0 heterocycles. The van der Waals surface area contributed by atoms with E-state index < -0.39 is 36.2 Å². The van der Waals surface area contributed by atoms with Crippen molar-refractivity contribution in [3.05, 3.63) is 23.8 Å². The molecule has 3 unspecified atom stereocenters. The molecule has 0 aliphatic heterocycles. The van der Waals surface area contributed by atoms with Crippen LogP contribution >= 0.6 is 0 Å². The maximum Gasteiger partial charge on any atom is 0.323 e. The molecule has 1 aromatic rings. The molecule has 0 aliphatic carbocycles. The predicted molar refractivity (Wildman–Crippen MR) is 139 cm³/mol. The summed E-state index contributed by atoms with van der Waals surface area (Å²) < 4.78 is 21.8. The van der Waals surface area contributed by atoms with E-state index in [1.54, 1.807) is 40.7 Å². The van der Waals surface area contributed by atoms with Crippen LogP contribution in [0.1, 0.15) is 80.2 Å². The van der Waals surface area contributed by atoms with Gasteiger partial charge in [0.25, 0.3) is 0 Å². The highest BCUT2D eigenvalue weighted by Gasteiger charge is 2.26. The Morgan fingerprint density at radius 2 is 1.11 bits per heavy atom. The van der Waals surface area contributed by atoms with E-state index >= 15 is 0 Å². The standard InChI is InChI=1S/C28H43NO8/c1-9-16(4)25(30)34-19(7)20(8)35-28(33)22(29)14-21-12-13-23(36-26(31)17(5)10-2)24(15-21)37-27(32)18(6)11-3/h12-13,15-20,22H,9-11,14,29H2,1-8H3/t16?,17?,18?,19-,20-,22-/m0/s1. The number of nitrogens with two attached hydrogens (primary N) is 1. The van der Waals surface area contributed by atoms with Gasteiger partial charge in [-0.1, -0.05) is 47.6 Å². The molecule has 0 spiro atoms. The van der Waals surface area contributed by atoms with Gasteiger partial charge in [0.1, 0.15) is 18.2 Å². The van der Waals surface area contributed by atoms with Crippen molar-refractivity contribution in [2.45, 2.75) is 99.3 Å². The average Bonchev–Trinajstić information content (AvgIpc) is 2.87. The van der Waals surface area contributed by atoms with E-state index in [9.17, 15) is 19.2 Å². The SMILES string of the molecule is CCC(C)C(=O)Oc1ccc(C[C@H](N)C(=O)O[C@@H](C)[C@H](C)OC(=O)C(C)CC)cc1OC(=O)C(C)CC. The number of hydrogen-bond acceptors (Lipinski definition) is 9. The summed E-state index contributed by atoms with van der Waals surface area (Å²) in [6, 6.07) is 3.68. The van der Waals surface area contributed by atoms with Crippen LogP contribution in [-0.4, -0.2) is 42.1 Å². The Balaban J connectivity index is 2.97. The lowest BCUT2D eigenvalue weighted by Crippen LogP contribution is -2.40. The summed E-state index contributed by atoms with van der Waals surface area (Å²) >= 11 is 0. The molecule has 0 amide bonds. The van der Waals surface area contributed by atoms with Gasteiger partial charge in [0.2, 0.25) is 0 Å². The summed E-state index contributed by atoms with van der Waals surface area (Å²) in [7, 11) is 0. The predicted octanol–water partition coefficient (Wildman–Crippen LogP) is 4.37. The second-order valence-electron chi connectivity index (χ2n) is 9.65. The molecule has 37 heavy (non-hydrogen) atoms. The molecular weight excluding hydrogens is 478 g/mol. The Hall–Kier alpha value is -2.94. The summed E-state index contributed by atoms with van der Waals surface area (Å²) in [6.45, 7) is 14.2. The van der Waals surface area contributed by atoms with Crippen LogP contribution in [0.25, 0.3) is 0 Å². The van der Waals surface area contributed by atoms with Crippen molar-refractivity contribution >= 4 is 23.9 Å². The van der Waals surface area contributed by atoms with Crippen LogP contribution in [0.5, 0.6) is 11.5 Å². The summed E-state index contributed by atoms with van der Waals surface area (Å²) in [6.07, 6.45) is 0.587. The van der Waals surface area contributed by atoms with Crippen LogP contribution < -0.4 is 15.2 Å². The fourth-order valence-corrected chi connectivity index (χ4v) is 2.86. The smallest absolute Gasteiger partial charge is 0.323 e. The first kappa shape index (κ1) is 32.1. The lowest BCUT2D eigenvalue weighted by molar-refractivity contribution is -0.168. The molecule has 208 valence electrons. The minimum Gasteiger partial charge on any atom is -0.459 e. The highest BCUT2D eigenvalue weighted by Crippen LogP contribution is 2.31. The van der Waals surface area contributed by atoms with Crippen molar-refractivity contribution in [2.75, 3.05) is 0 Å². The monoisotopic (exact) mass is 521 g/mol. The van der Waals surface area contributed by atoms with Gasteiger partial charge in [0.05, 0.1) is 17.8 Å².